The van der Waals surface area contributed by atoms with Crippen LogP contribution < -0.4 is 5.73 Å². The Balaban J connectivity index is 1.52. The lowest BCUT2D eigenvalue weighted by Crippen LogP contribution is -2.61. The van der Waals surface area contributed by atoms with Crippen LogP contribution in [0.15, 0.2) is 18.2 Å². The van der Waals surface area contributed by atoms with E-state index in [0.29, 0.717) is 17.0 Å². The number of hydrogen-bond acceptors (Lipinski definition) is 2. The van der Waals surface area contributed by atoms with E-state index in [1.54, 1.807) is 0 Å². The summed E-state index contributed by atoms with van der Waals surface area (Å²) in [5, 5.41) is 0. The molecule has 0 radical (unpaired) electrons. The van der Waals surface area contributed by atoms with Crippen LogP contribution in [0.25, 0.3) is 0 Å². The van der Waals surface area contributed by atoms with Gasteiger partial charge in [-0.25, -0.2) is 0 Å². The van der Waals surface area contributed by atoms with E-state index in [-0.39, 0.29) is 5.91 Å². The van der Waals surface area contributed by atoms with Gasteiger partial charge < -0.3 is 5.73 Å². The second-order valence-corrected chi connectivity index (χ2v) is 9.58. The quantitative estimate of drug-likeness (QED) is 0.893. The van der Waals surface area contributed by atoms with Crippen molar-refractivity contribution in [3.8, 4) is 0 Å². The number of primary amides is 1. The number of benzene rings is 1. The molecule has 2 saturated carbocycles. The predicted molar refractivity (Wildman–Crippen MR) is 104 cm³/mol. The van der Waals surface area contributed by atoms with E-state index in [1.165, 1.54) is 69.2 Å². The van der Waals surface area contributed by atoms with Gasteiger partial charge in [0.25, 0.3) is 0 Å². The topological polar surface area (TPSA) is 46.3 Å². The number of nitrogens with two attached hydrogens (primary N) is 1. The lowest BCUT2D eigenvalue weighted by molar-refractivity contribution is -0.0186. The molecule has 3 heteroatoms. The number of likely N-dealkylation sites (tertiary alicyclic amines) is 1. The molecule has 1 aromatic carbocycles. The monoisotopic (exact) mass is 352 g/mol. The number of hydrogen-bond donors (Lipinski definition) is 1. The Bertz CT molecular complexity index is 725. The highest BCUT2D eigenvalue weighted by Gasteiger charge is 2.54. The van der Waals surface area contributed by atoms with Gasteiger partial charge in [-0.3, -0.25) is 9.69 Å². The van der Waals surface area contributed by atoms with Crippen LogP contribution in [0.4, 0.5) is 0 Å². The highest BCUT2D eigenvalue weighted by Crippen LogP contribution is 2.56. The van der Waals surface area contributed by atoms with E-state index in [9.17, 15) is 4.79 Å². The molecule has 3 nitrogen and oxygen atoms in total. The van der Waals surface area contributed by atoms with Crippen molar-refractivity contribution in [3.05, 3.63) is 34.9 Å². The van der Waals surface area contributed by atoms with Crippen LogP contribution >= 0.6 is 0 Å². The number of rotatable bonds is 4. The van der Waals surface area contributed by atoms with Crippen LogP contribution in [-0.4, -0.2) is 29.9 Å². The Morgan fingerprint density at radius 1 is 1.27 bits per heavy atom. The Labute approximate surface area is 157 Å². The average Bonchev–Trinajstić information content (AvgIpc) is 3.48. The number of piperidine rings is 1. The second-order valence-electron chi connectivity index (χ2n) is 9.58. The van der Waals surface area contributed by atoms with Gasteiger partial charge in [0.1, 0.15) is 0 Å². The summed E-state index contributed by atoms with van der Waals surface area (Å²) in [4.78, 5) is 14.6. The summed E-state index contributed by atoms with van der Waals surface area (Å²) in [5.41, 5.74) is 9.58. The molecule has 26 heavy (non-hydrogen) atoms. The van der Waals surface area contributed by atoms with Gasteiger partial charge in [-0.15, -0.1) is 0 Å². The highest BCUT2D eigenvalue weighted by atomic mass is 16.1. The third kappa shape index (κ3) is 2.54. The van der Waals surface area contributed by atoms with Crippen molar-refractivity contribution in [3.63, 3.8) is 0 Å². The van der Waals surface area contributed by atoms with Crippen molar-refractivity contribution < 1.29 is 4.79 Å². The lowest BCUT2D eigenvalue weighted by atomic mass is 9.52. The normalized spacial score (nSPS) is 34.7. The molecule has 3 aliphatic carbocycles. The first kappa shape index (κ1) is 16.8. The largest absolute Gasteiger partial charge is 0.366 e. The summed E-state index contributed by atoms with van der Waals surface area (Å²) in [6, 6.07) is 7.03. The summed E-state index contributed by atoms with van der Waals surface area (Å²) < 4.78 is 0. The summed E-state index contributed by atoms with van der Waals surface area (Å²) >= 11 is 0. The number of amides is 1. The van der Waals surface area contributed by atoms with Gasteiger partial charge in [0.05, 0.1) is 0 Å². The van der Waals surface area contributed by atoms with Gasteiger partial charge >= 0.3 is 0 Å². The molecule has 1 aromatic rings. The average molecular weight is 353 g/mol. The van der Waals surface area contributed by atoms with E-state index in [2.05, 4.69) is 24.0 Å². The first-order valence-electron chi connectivity index (χ1n) is 10.8. The van der Waals surface area contributed by atoms with Gasteiger partial charge in [-0.1, -0.05) is 25.8 Å². The van der Waals surface area contributed by atoms with Crippen LogP contribution in [-0.2, 0) is 11.8 Å². The molecule has 0 spiro atoms. The summed E-state index contributed by atoms with van der Waals surface area (Å²) in [7, 11) is 0. The smallest absolute Gasteiger partial charge is 0.248 e. The van der Waals surface area contributed by atoms with Gasteiger partial charge in [0.2, 0.25) is 5.91 Å². The van der Waals surface area contributed by atoms with Gasteiger partial charge in [0.15, 0.2) is 0 Å². The molecule has 4 atom stereocenters. The zero-order chi connectivity index (χ0) is 17.9. The van der Waals surface area contributed by atoms with Crippen molar-refractivity contribution in [2.45, 2.75) is 69.7 Å². The molecule has 140 valence electrons. The summed E-state index contributed by atoms with van der Waals surface area (Å²) in [5.74, 6) is 2.33. The van der Waals surface area contributed by atoms with E-state index in [0.717, 1.165) is 24.2 Å². The summed E-state index contributed by atoms with van der Waals surface area (Å²) in [6.07, 6.45) is 10.7. The van der Waals surface area contributed by atoms with E-state index >= 15 is 0 Å². The maximum atomic E-state index is 11.8. The van der Waals surface area contributed by atoms with Crippen LogP contribution in [0.3, 0.4) is 0 Å². The van der Waals surface area contributed by atoms with E-state index < -0.39 is 0 Å². The van der Waals surface area contributed by atoms with Crippen molar-refractivity contribution in [1.82, 2.24) is 4.90 Å². The molecule has 2 bridgehead atoms. The van der Waals surface area contributed by atoms with Gasteiger partial charge in [0, 0.05) is 23.6 Å². The van der Waals surface area contributed by atoms with Crippen molar-refractivity contribution in [2.75, 3.05) is 13.1 Å². The molecule has 2 N–H and O–H groups in total. The van der Waals surface area contributed by atoms with Crippen LogP contribution in [0.5, 0.6) is 0 Å². The minimum absolute atomic E-state index is 0.283. The first-order chi connectivity index (χ1) is 12.6. The Hall–Kier alpha value is -1.35. The molecule has 4 aliphatic rings. The van der Waals surface area contributed by atoms with Crippen molar-refractivity contribution >= 4 is 5.91 Å². The molecule has 0 aromatic heterocycles. The fourth-order valence-corrected chi connectivity index (χ4v) is 6.65. The number of carbonyl (C=O) groups is 1. The maximum Gasteiger partial charge on any atom is 0.248 e. The predicted octanol–water partition coefficient (Wildman–Crippen LogP) is 3.89. The molecule has 1 heterocycles. The Morgan fingerprint density at radius 2 is 2.12 bits per heavy atom. The minimum Gasteiger partial charge on any atom is -0.366 e. The van der Waals surface area contributed by atoms with E-state index in [4.69, 9.17) is 5.73 Å². The summed E-state index contributed by atoms with van der Waals surface area (Å²) in [6.45, 7) is 4.99. The zero-order valence-electron chi connectivity index (χ0n) is 16.0. The number of nitrogens with zero attached hydrogens (tertiary/aromatic N) is 1. The third-order valence-corrected chi connectivity index (χ3v) is 8.19. The maximum absolute atomic E-state index is 11.8. The van der Waals surface area contributed by atoms with Crippen LogP contribution in [0.2, 0.25) is 0 Å². The molecule has 5 rings (SSSR count). The molecule has 1 aliphatic heterocycles. The zero-order valence-corrected chi connectivity index (χ0v) is 16.0. The lowest BCUT2D eigenvalue weighted by Gasteiger charge is -2.59. The fourth-order valence-electron chi connectivity index (χ4n) is 6.65. The molecular weight excluding hydrogens is 320 g/mol. The van der Waals surface area contributed by atoms with Crippen molar-refractivity contribution in [2.24, 2.45) is 23.5 Å². The standard InChI is InChI=1S/C23H32N2O/c1-15(16-5-6-16)14-25-11-10-23-9-3-2-4-19(23)21(25)13-17-7-8-18(22(24)26)12-20(17)23/h7-8,12,15-16,19,21H,2-6,9-11,13-14H2,1H3,(H2,24,26)/t15-,19?,21+,23+/m0/s1. The van der Waals surface area contributed by atoms with Gasteiger partial charge in [-0.2, -0.15) is 0 Å². The molecule has 3 fully saturated rings. The van der Waals surface area contributed by atoms with Gasteiger partial charge in [-0.05, 0) is 86.1 Å². The molecule has 1 amide bonds. The van der Waals surface area contributed by atoms with Crippen molar-refractivity contribution in [1.29, 1.82) is 0 Å². The third-order valence-electron chi connectivity index (χ3n) is 8.19. The molecule has 1 unspecified atom stereocenters. The molecular formula is C23H32N2O. The first-order valence-corrected chi connectivity index (χ1v) is 10.8. The van der Waals surface area contributed by atoms with E-state index in [1.807, 2.05) is 6.07 Å². The minimum atomic E-state index is -0.283. The Morgan fingerprint density at radius 3 is 2.88 bits per heavy atom. The molecule has 1 saturated heterocycles. The highest BCUT2D eigenvalue weighted by molar-refractivity contribution is 5.93. The van der Waals surface area contributed by atoms with Crippen LogP contribution in [0, 0.1) is 17.8 Å². The second kappa shape index (κ2) is 6.09. The fraction of sp³-hybridized carbons (Fsp3) is 0.696. The number of carbonyl (C=O) groups excluding carboxylic acids is 1. The van der Waals surface area contributed by atoms with Crippen LogP contribution in [0.1, 0.15) is 73.4 Å². The SMILES string of the molecule is C[C@@H](CN1CC[C@]23CCCCC2[C@H]1Cc1ccc(C(N)=O)cc13)C1CC1. The Kier molecular flexibility index (Phi) is 3.93. The number of fused-ring (bicyclic) bond motifs is 1.